The van der Waals surface area contributed by atoms with Gasteiger partial charge in [0.1, 0.15) is 0 Å². The number of rotatable bonds is 6. The third-order valence-corrected chi connectivity index (χ3v) is 4.93. The summed E-state index contributed by atoms with van der Waals surface area (Å²) in [5, 5.41) is 2.94. The van der Waals surface area contributed by atoms with Crippen molar-refractivity contribution in [3.8, 4) is 0 Å². The number of fused-ring (bicyclic) bond motifs is 1. The number of nitrogens with zero attached hydrogens (tertiary/aromatic N) is 1. The van der Waals surface area contributed by atoms with Gasteiger partial charge in [-0.2, -0.15) is 0 Å². The van der Waals surface area contributed by atoms with Gasteiger partial charge in [-0.05, 0) is 42.7 Å². The second-order valence-electron chi connectivity index (χ2n) is 6.76. The first-order valence-electron chi connectivity index (χ1n) is 9.00. The fraction of sp³-hybridized carbons (Fsp3) is 0.500. The number of allylic oxidation sites excluding steroid dienone is 2. The molecule has 4 heteroatoms. The van der Waals surface area contributed by atoms with E-state index in [0.29, 0.717) is 31.7 Å². The van der Waals surface area contributed by atoms with E-state index in [1.807, 2.05) is 11.0 Å². The van der Waals surface area contributed by atoms with Crippen molar-refractivity contribution in [2.75, 3.05) is 13.1 Å². The molecule has 0 bridgehead atoms. The van der Waals surface area contributed by atoms with Gasteiger partial charge >= 0.3 is 0 Å². The van der Waals surface area contributed by atoms with E-state index in [0.717, 1.165) is 32.4 Å². The highest BCUT2D eigenvalue weighted by Crippen LogP contribution is 2.20. The van der Waals surface area contributed by atoms with Crippen molar-refractivity contribution in [3.05, 3.63) is 47.5 Å². The molecule has 1 aromatic carbocycles. The molecule has 0 saturated heterocycles. The van der Waals surface area contributed by atoms with Gasteiger partial charge in [0.25, 0.3) is 0 Å². The summed E-state index contributed by atoms with van der Waals surface area (Å²) in [5.74, 6) is 0.698. The minimum atomic E-state index is 0.103. The smallest absolute Gasteiger partial charge is 0.222 e. The predicted octanol–water partition coefficient (Wildman–Crippen LogP) is 2.82. The van der Waals surface area contributed by atoms with E-state index in [4.69, 9.17) is 0 Å². The van der Waals surface area contributed by atoms with Gasteiger partial charge in [0.05, 0.1) is 0 Å². The molecule has 0 fully saturated rings. The minimum absolute atomic E-state index is 0.103. The Morgan fingerprint density at radius 2 is 2.04 bits per heavy atom. The number of hydrogen-bond donors (Lipinski definition) is 1. The molecular weight excluding hydrogens is 300 g/mol. The lowest BCUT2D eigenvalue weighted by molar-refractivity contribution is -0.132. The maximum Gasteiger partial charge on any atom is 0.222 e. The molecule has 1 heterocycles. The van der Waals surface area contributed by atoms with Crippen LogP contribution in [0.5, 0.6) is 0 Å². The quantitative estimate of drug-likeness (QED) is 0.645. The van der Waals surface area contributed by atoms with E-state index >= 15 is 0 Å². The molecule has 4 nitrogen and oxygen atoms in total. The largest absolute Gasteiger partial charge is 0.356 e. The third-order valence-electron chi connectivity index (χ3n) is 4.93. The first-order chi connectivity index (χ1) is 11.7. The lowest BCUT2D eigenvalue weighted by Gasteiger charge is -2.29. The Labute approximate surface area is 143 Å². The van der Waals surface area contributed by atoms with Crippen LogP contribution >= 0.6 is 0 Å². The second-order valence-corrected chi connectivity index (χ2v) is 6.76. The Balaban J connectivity index is 1.34. The van der Waals surface area contributed by atoms with Crippen LogP contribution < -0.4 is 5.32 Å². The van der Waals surface area contributed by atoms with Crippen LogP contribution in [0.25, 0.3) is 0 Å². The highest BCUT2D eigenvalue weighted by atomic mass is 16.2. The van der Waals surface area contributed by atoms with E-state index in [-0.39, 0.29) is 11.8 Å². The number of carbonyl (C=O) groups excluding carboxylic acids is 2. The maximum absolute atomic E-state index is 12.3. The van der Waals surface area contributed by atoms with Crippen molar-refractivity contribution in [3.63, 3.8) is 0 Å². The first-order valence-corrected chi connectivity index (χ1v) is 9.00. The van der Waals surface area contributed by atoms with Crippen molar-refractivity contribution >= 4 is 11.8 Å². The lowest BCUT2D eigenvalue weighted by Crippen LogP contribution is -2.36. The van der Waals surface area contributed by atoms with Gasteiger partial charge in [0.2, 0.25) is 11.8 Å². The molecule has 1 atom stereocenters. The maximum atomic E-state index is 12.3. The molecule has 1 aliphatic heterocycles. The zero-order valence-corrected chi connectivity index (χ0v) is 14.2. The van der Waals surface area contributed by atoms with Gasteiger partial charge in [-0.1, -0.05) is 36.4 Å². The number of nitrogens with one attached hydrogen (secondary N) is 1. The van der Waals surface area contributed by atoms with Gasteiger partial charge in [0, 0.05) is 32.5 Å². The average Bonchev–Trinajstić information content (AvgIpc) is 3.11. The molecule has 1 N–H and O–H groups in total. The summed E-state index contributed by atoms with van der Waals surface area (Å²) in [5.41, 5.74) is 2.62. The van der Waals surface area contributed by atoms with E-state index in [1.54, 1.807) is 0 Å². The summed E-state index contributed by atoms with van der Waals surface area (Å²) in [7, 11) is 0. The zero-order valence-electron chi connectivity index (χ0n) is 14.2. The van der Waals surface area contributed by atoms with E-state index in [1.165, 1.54) is 11.1 Å². The Kier molecular flexibility index (Phi) is 5.68. The fourth-order valence-electron chi connectivity index (χ4n) is 3.51. The highest BCUT2D eigenvalue weighted by molar-refractivity contribution is 5.77. The fourth-order valence-corrected chi connectivity index (χ4v) is 3.51. The van der Waals surface area contributed by atoms with Crippen molar-refractivity contribution < 1.29 is 9.59 Å². The number of hydrogen-bond acceptors (Lipinski definition) is 2. The van der Waals surface area contributed by atoms with Crippen LogP contribution in [0, 0.1) is 5.92 Å². The summed E-state index contributed by atoms with van der Waals surface area (Å²) in [6.07, 6.45) is 9.19. The van der Waals surface area contributed by atoms with Gasteiger partial charge in [-0.15, -0.1) is 0 Å². The van der Waals surface area contributed by atoms with Gasteiger partial charge in [-0.3, -0.25) is 9.59 Å². The van der Waals surface area contributed by atoms with Crippen LogP contribution in [-0.2, 0) is 22.6 Å². The summed E-state index contributed by atoms with van der Waals surface area (Å²) in [6.45, 7) is 2.11. The Bertz CT molecular complexity index is 624. The molecule has 128 valence electrons. The molecule has 3 rings (SSSR count). The SMILES string of the molecule is O=C(CC1C=CCC1)NCCCC(=O)N1CCc2ccccc2C1. The summed E-state index contributed by atoms with van der Waals surface area (Å²) < 4.78 is 0. The molecule has 2 aliphatic rings. The van der Waals surface area contributed by atoms with Crippen molar-refractivity contribution in [2.45, 2.75) is 45.1 Å². The van der Waals surface area contributed by atoms with Crippen LogP contribution in [0.1, 0.15) is 43.2 Å². The Morgan fingerprint density at radius 1 is 1.21 bits per heavy atom. The van der Waals surface area contributed by atoms with Crippen LogP contribution in [0.3, 0.4) is 0 Å². The molecule has 0 spiro atoms. The zero-order chi connectivity index (χ0) is 16.8. The monoisotopic (exact) mass is 326 g/mol. The normalized spacial score (nSPS) is 19.2. The third kappa shape index (κ3) is 4.47. The van der Waals surface area contributed by atoms with Crippen molar-refractivity contribution in [1.29, 1.82) is 0 Å². The van der Waals surface area contributed by atoms with Crippen LogP contribution in [-0.4, -0.2) is 29.8 Å². The Morgan fingerprint density at radius 3 is 2.83 bits per heavy atom. The van der Waals surface area contributed by atoms with Crippen LogP contribution in [0.4, 0.5) is 0 Å². The van der Waals surface area contributed by atoms with Crippen LogP contribution in [0.2, 0.25) is 0 Å². The summed E-state index contributed by atoms with van der Waals surface area (Å²) in [4.78, 5) is 26.1. The molecule has 0 saturated carbocycles. The second kappa shape index (κ2) is 8.13. The Hall–Kier alpha value is -2.10. The number of benzene rings is 1. The molecule has 1 aromatic rings. The molecule has 0 radical (unpaired) electrons. The number of amides is 2. The topological polar surface area (TPSA) is 49.4 Å². The minimum Gasteiger partial charge on any atom is -0.356 e. The molecule has 0 aromatic heterocycles. The highest BCUT2D eigenvalue weighted by Gasteiger charge is 2.20. The molecule has 24 heavy (non-hydrogen) atoms. The van der Waals surface area contributed by atoms with Crippen LogP contribution in [0.15, 0.2) is 36.4 Å². The average molecular weight is 326 g/mol. The first kappa shape index (κ1) is 16.7. The predicted molar refractivity (Wildman–Crippen MR) is 94.3 cm³/mol. The molecular formula is C20H26N2O2. The van der Waals surface area contributed by atoms with Crippen molar-refractivity contribution in [1.82, 2.24) is 10.2 Å². The van der Waals surface area contributed by atoms with E-state index < -0.39 is 0 Å². The van der Waals surface area contributed by atoms with Gasteiger partial charge in [0.15, 0.2) is 0 Å². The van der Waals surface area contributed by atoms with E-state index in [2.05, 4.69) is 35.7 Å². The lowest BCUT2D eigenvalue weighted by atomic mass is 9.99. The van der Waals surface area contributed by atoms with Crippen molar-refractivity contribution in [2.24, 2.45) is 5.92 Å². The van der Waals surface area contributed by atoms with Gasteiger partial charge < -0.3 is 10.2 Å². The molecule has 2 amide bonds. The molecule has 1 aliphatic carbocycles. The summed E-state index contributed by atoms with van der Waals surface area (Å²) >= 11 is 0. The van der Waals surface area contributed by atoms with E-state index in [9.17, 15) is 9.59 Å². The standard InChI is InChI=1S/C20H26N2O2/c23-19(14-16-6-1-2-7-16)21-12-5-10-20(24)22-13-11-17-8-3-4-9-18(17)15-22/h1,3-4,6,8-9,16H,2,5,7,10-15H2,(H,21,23). The summed E-state index contributed by atoms with van der Waals surface area (Å²) in [6, 6.07) is 8.33. The number of carbonyl (C=O) groups is 2. The molecule has 1 unspecified atom stereocenters. The van der Waals surface area contributed by atoms with Gasteiger partial charge in [-0.25, -0.2) is 0 Å².